The Morgan fingerprint density at radius 3 is 2.40 bits per heavy atom. The lowest BCUT2D eigenvalue weighted by atomic mass is 9.75. The monoisotopic (exact) mass is 229 g/mol. The van der Waals surface area contributed by atoms with Crippen molar-refractivity contribution in [1.29, 1.82) is 0 Å². The van der Waals surface area contributed by atoms with Crippen LogP contribution in [0.25, 0.3) is 0 Å². The van der Waals surface area contributed by atoms with Crippen molar-refractivity contribution in [2.45, 2.75) is 58.1 Å². The molecule has 15 heavy (non-hydrogen) atoms. The van der Waals surface area contributed by atoms with Gasteiger partial charge in [-0.05, 0) is 51.9 Å². The molecule has 3 heteroatoms. The highest BCUT2D eigenvalue weighted by molar-refractivity contribution is 7.85. The summed E-state index contributed by atoms with van der Waals surface area (Å²) in [4.78, 5) is 0. The first kappa shape index (κ1) is 12.9. The van der Waals surface area contributed by atoms with Gasteiger partial charge >= 0.3 is 0 Å². The maximum absolute atomic E-state index is 11.7. The summed E-state index contributed by atoms with van der Waals surface area (Å²) in [5, 5.41) is 0. The third-order valence-corrected chi connectivity index (χ3v) is 4.46. The van der Waals surface area contributed by atoms with Gasteiger partial charge in [0.15, 0.2) is 0 Å². The van der Waals surface area contributed by atoms with Gasteiger partial charge in [-0.15, -0.1) is 0 Å². The second kappa shape index (κ2) is 5.24. The van der Waals surface area contributed by atoms with E-state index < -0.39 is 11.0 Å². The molecular formula is C12H23NOS. The summed E-state index contributed by atoms with van der Waals surface area (Å²) < 4.78 is 15.7. The highest BCUT2D eigenvalue weighted by Gasteiger charge is 2.25. The van der Waals surface area contributed by atoms with Crippen molar-refractivity contribution >= 4 is 17.2 Å². The maximum Gasteiger partial charge on any atom is 0.144 e. The van der Waals surface area contributed by atoms with Gasteiger partial charge in [-0.3, -0.25) is 0 Å². The van der Waals surface area contributed by atoms with Crippen LogP contribution in [-0.2, 0) is 11.0 Å². The molecule has 0 saturated heterocycles. The molecule has 1 aliphatic rings. The minimum atomic E-state index is -1.08. The van der Waals surface area contributed by atoms with Crippen molar-refractivity contribution in [1.82, 2.24) is 0 Å². The van der Waals surface area contributed by atoms with Crippen molar-refractivity contribution in [2.24, 2.45) is 16.2 Å². The number of nitrogens with zero attached hydrogens (tertiary/aromatic N) is 1. The van der Waals surface area contributed by atoms with E-state index in [4.69, 9.17) is 0 Å². The summed E-state index contributed by atoms with van der Waals surface area (Å²) in [7, 11) is -1.08. The zero-order valence-corrected chi connectivity index (χ0v) is 11.1. The van der Waals surface area contributed by atoms with E-state index in [1.54, 1.807) is 0 Å². The zero-order valence-electron chi connectivity index (χ0n) is 10.3. The molecule has 0 aromatic rings. The molecule has 88 valence electrons. The second-order valence-corrected chi connectivity index (χ2v) is 7.31. The van der Waals surface area contributed by atoms with Crippen LogP contribution < -0.4 is 0 Å². The minimum Gasteiger partial charge on any atom is -0.234 e. The molecule has 0 bridgehead atoms. The van der Waals surface area contributed by atoms with E-state index in [9.17, 15) is 4.21 Å². The molecule has 1 aliphatic carbocycles. The molecule has 2 nitrogen and oxygen atoms in total. The van der Waals surface area contributed by atoms with Crippen LogP contribution in [0.3, 0.4) is 0 Å². The van der Waals surface area contributed by atoms with Gasteiger partial charge in [0.2, 0.25) is 0 Å². The number of rotatable bonds is 4. The Bertz CT molecular complexity index is 251. The van der Waals surface area contributed by atoms with Crippen LogP contribution in [0, 0.1) is 11.8 Å². The molecule has 0 N–H and O–H groups in total. The van der Waals surface area contributed by atoms with E-state index in [2.05, 4.69) is 11.3 Å². The molecule has 0 aromatic carbocycles. The predicted octanol–water partition coefficient (Wildman–Crippen LogP) is 3.35. The maximum atomic E-state index is 11.7. The van der Waals surface area contributed by atoms with E-state index in [-0.39, 0.29) is 4.75 Å². The fourth-order valence-electron chi connectivity index (χ4n) is 1.72. The summed E-state index contributed by atoms with van der Waals surface area (Å²) in [6, 6.07) is 0. The van der Waals surface area contributed by atoms with Crippen LogP contribution in [0.2, 0.25) is 0 Å². The first-order valence-electron chi connectivity index (χ1n) is 5.91. The van der Waals surface area contributed by atoms with Gasteiger partial charge in [0.1, 0.15) is 11.0 Å². The van der Waals surface area contributed by atoms with Crippen molar-refractivity contribution in [3.63, 3.8) is 0 Å². The average molecular weight is 229 g/mol. The third kappa shape index (κ3) is 3.71. The summed E-state index contributed by atoms with van der Waals surface area (Å²) in [6.07, 6.45) is 7.08. The standard InChI is InChI=1S/C12H23NOS/c1-5-10(11-7-6-8-11)9-13-15(14)12(2,3)4/h9-11H,5-8H2,1-4H3/t10?,15-/m0/s1. The fourth-order valence-corrected chi connectivity index (χ4v) is 2.30. The van der Waals surface area contributed by atoms with Crippen molar-refractivity contribution in [3.05, 3.63) is 0 Å². The molecule has 2 atom stereocenters. The normalized spacial score (nSPS) is 22.7. The zero-order chi connectivity index (χ0) is 11.5. The molecule has 1 saturated carbocycles. The van der Waals surface area contributed by atoms with Gasteiger partial charge in [0, 0.05) is 6.21 Å². The van der Waals surface area contributed by atoms with E-state index in [1.807, 2.05) is 27.0 Å². The summed E-state index contributed by atoms with van der Waals surface area (Å²) in [5.41, 5.74) is 0. The number of hydrogen-bond acceptors (Lipinski definition) is 1. The van der Waals surface area contributed by atoms with Crippen molar-refractivity contribution < 1.29 is 4.21 Å². The molecule has 0 aromatic heterocycles. The van der Waals surface area contributed by atoms with Crippen LogP contribution >= 0.6 is 0 Å². The van der Waals surface area contributed by atoms with E-state index in [1.165, 1.54) is 19.3 Å². The highest BCUT2D eigenvalue weighted by Crippen LogP contribution is 2.34. The minimum absolute atomic E-state index is 0.228. The Morgan fingerprint density at radius 1 is 1.47 bits per heavy atom. The van der Waals surface area contributed by atoms with Crippen LogP contribution in [0.5, 0.6) is 0 Å². The molecule has 0 amide bonds. The molecular weight excluding hydrogens is 206 g/mol. The molecule has 0 heterocycles. The Kier molecular flexibility index (Phi) is 4.50. The number of hydrogen-bond donors (Lipinski definition) is 0. The molecule has 0 aliphatic heterocycles. The van der Waals surface area contributed by atoms with Gasteiger partial charge in [0.25, 0.3) is 0 Å². The summed E-state index contributed by atoms with van der Waals surface area (Å²) >= 11 is 0. The topological polar surface area (TPSA) is 29.4 Å². The second-order valence-electron chi connectivity index (χ2n) is 5.38. The van der Waals surface area contributed by atoms with Gasteiger partial charge in [-0.2, -0.15) is 4.40 Å². The van der Waals surface area contributed by atoms with Gasteiger partial charge in [-0.25, -0.2) is 4.21 Å². The van der Waals surface area contributed by atoms with Crippen LogP contribution in [0.15, 0.2) is 4.40 Å². The lowest BCUT2D eigenvalue weighted by Gasteiger charge is -2.30. The van der Waals surface area contributed by atoms with Gasteiger partial charge < -0.3 is 0 Å². The Labute approximate surface area is 96.2 Å². The lowest BCUT2D eigenvalue weighted by Crippen LogP contribution is -2.24. The molecule has 0 radical (unpaired) electrons. The molecule has 0 spiro atoms. The first-order chi connectivity index (χ1) is 6.95. The summed E-state index contributed by atoms with van der Waals surface area (Å²) in [6.45, 7) is 8.08. The fraction of sp³-hybridized carbons (Fsp3) is 0.917. The Balaban J connectivity index is 2.50. The van der Waals surface area contributed by atoms with Gasteiger partial charge in [0.05, 0.1) is 4.75 Å². The lowest BCUT2D eigenvalue weighted by molar-refractivity contribution is 0.254. The smallest absolute Gasteiger partial charge is 0.144 e. The van der Waals surface area contributed by atoms with Crippen molar-refractivity contribution in [2.75, 3.05) is 0 Å². The molecule has 1 unspecified atom stereocenters. The highest BCUT2D eigenvalue weighted by atomic mass is 32.2. The molecule has 1 fully saturated rings. The average Bonchev–Trinajstić information content (AvgIpc) is 2.06. The van der Waals surface area contributed by atoms with Crippen LogP contribution in [0.1, 0.15) is 53.4 Å². The van der Waals surface area contributed by atoms with Crippen LogP contribution in [0.4, 0.5) is 0 Å². The Hall–Kier alpha value is -0.180. The van der Waals surface area contributed by atoms with E-state index in [0.717, 1.165) is 12.3 Å². The van der Waals surface area contributed by atoms with Gasteiger partial charge in [-0.1, -0.05) is 13.3 Å². The first-order valence-corrected chi connectivity index (χ1v) is 7.02. The van der Waals surface area contributed by atoms with E-state index >= 15 is 0 Å². The van der Waals surface area contributed by atoms with Crippen molar-refractivity contribution in [3.8, 4) is 0 Å². The molecule has 1 rings (SSSR count). The largest absolute Gasteiger partial charge is 0.234 e. The predicted molar refractivity (Wildman–Crippen MR) is 67.5 cm³/mol. The quantitative estimate of drug-likeness (QED) is 0.680. The third-order valence-electron chi connectivity index (χ3n) is 3.10. The van der Waals surface area contributed by atoms with Crippen LogP contribution in [-0.4, -0.2) is 15.2 Å². The SMILES string of the molecule is CCC(C=N[S@@](=O)C(C)(C)C)C1CCC1. The van der Waals surface area contributed by atoms with E-state index in [0.29, 0.717) is 5.92 Å². The summed E-state index contributed by atoms with van der Waals surface area (Å²) in [5.74, 6) is 1.35. The Morgan fingerprint density at radius 2 is 2.07 bits per heavy atom.